The Morgan fingerprint density at radius 1 is 1.16 bits per heavy atom. The van der Waals surface area contributed by atoms with E-state index in [1.54, 1.807) is 43.2 Å². The van der Waals surface area contributed by atoms with Crippen LogP contribution in [0.15, 0.2) is 52.4 Å². The van der Waals surface area contributed by atoms with Gasteiger partial charge in [0.2, 0.25) is 5.91 Å². The van der Waals surface area contributed by atoms with E-state index < -0.39 is 0 Å². The lowest BCUT2D eigenvalue weighted by atomic mass is 10.2. The molecule has 32 heavy (non-hydrogen) atoms. The Morgan fingerprint density at radius 2 is 2.00 bits per heavy atom. The summed E-state index contributed by atoms with van der Waals surface area (Å²) in [4.78, 5) is 33.9. The number of methoxy groups -OCH3 is 2. The zero-order valence-electron chi connectivity index (χ0n) is 18.0. The number of thioether (sulfide) groups is 1. The van der Waals surface area contributed by atoms with Gasteiger partial charge in [0.05, 0.1) is 32.2 Å². The fraction of sp³-hybridized carbons (Fsp3) is 0.304. The van der Waals surface area contributed by atoms with Gasteiger partial charge in [-0.2, -0.15) is 4.98 Å². The van der Waals surface area contributed by atoms with Gasteiger partial charge in [0.15, 0.2) is 11.5 Å². The molecular formula is C23H24N4O4S. The van der Waals surface area contributed by atoms with E-state index in [9.17, 15) is 9.59 Å². The van der Waals surface area contributed by atoms with E-state index in [-0.39, 0.29) is 17.3 Å². The number of hydrogen-bond donors (Lipinski definition) is 1. The van der Waals surface area contributed by atoms with E-state index in [0.29, 0.717) is 28.8 Å². The first-order chi connectivity index (χ1) is 15.6. The number of hydrogen-bond acceptors (Lipinski definition) is 7. The number of anilines is 1. The minimum atomic E-state index is -0.306. The molecule has 166 valence electrons. The first-order valence-electron chi connectivity index (χ1n) is 10.3. The minimum Gasteiger partial charge on any atom is -0.493 e. The number of carbonyl (C=O) groups excluding carboxylic acids is 1. The predicted octanol–water partition coefficient (Wildman–Crippen LogP) is 2.92. The Bertz CT molecular complexity index is 1180. The SMILES string of the molecule is COc1ccc(NC(=O)CSc2nc(=O)n(Cc3ccccn3)c3c2CCC3)cc1OC. The van der Waals surface area contributed by atoms with Crippen LogP contribution >= 0.6 is 11.8 Å². The van der Waals surface area contributed by atoms with Gasteiger partial charge in [-0.3, -0.25) is 14.3 Å². The molecule has 0 spiro atoms. The summed E-state index contributed by atoms with van der Waals surface area (Å²) in [5.74, 6) is 1.09. The molecular weight excluding hydrogens is 428 g/mol. The van der Waals surface area contributed by atoms with E-state index in [4.69, 9.17) is 9.47 Å². The molecule has 0 fully saturated rings. The van der Waals surface area contributed by atoms with Crippen molar-refractivity contribution in [2.75, 3.05) is 25.3 Å². The molecule has 0 saturated carbocycles. The summed E-state index contributed by atoms with van der Waals surface area (Å²) in [6, 6.07) is 10.8. The molecule has 0 saturated heterocycles. The summed E-state index contributed by atoms with van der Waals surface area (Å²) in [5, 5.41) is 3.49. The van der Waals surface area contributed by atoms with Crippen molar-refractivity contribution in [2.24, 2.45) is 0 Å². The number of ether oxygens (including phenoxy) is 2. The van der Waals surface area contributed by atoms with Crippen LogP contribution in [0.4, 0.5) is 5.69 Å². The molecule has 9 heteroatoms. The van der Waals surface area contributed by atoms with Gasteiger partial charge < -0.3 is 14.8 Å². The van der Waals surface area contributed by atoms with E-state index >= 15 is 0 Å². The third-order valence-electron chi connectivity index (χ3n) is 5.25. The Morgan fingerprint density at radius 3 is 2.75 bits per heavy atom. The Balaban J connectivity index is 1.47. The molecule has 1 aliphatic rings. The standard InChI is InChI=1S/C23H24N4O4S/c1-30-19-10-9-15(12-20(19)31-2)25-21(28)14-32-22-17-7-5-8-18(17)27(23(29)26-22)13-16-6-3-4-11-24-16/h3-4,6,9-12H,5,7-8,13-14H2,1-2H3,(H,25,28). The molecule has 1 aliphatic carbocycles. The molecule has 3 aromatic rings. The minimum absolute atomic E-state index is 0.150. The lowest BCUT2D eigenvalue weighted by Gasteiger charge is -2.14. The van der Waals surface area contributed by atoms with Gasteiger partial charge in [-0.25, -0.2) is 4.79 Å². The van der Waals surface area contributed by atoms with Gasteiger partial charge in [0, 0.05) is 29.2 Å². The maximum Gasteiger partial charge on any atom is 0.349 e. The molecule has 0 unspecified atom stereocenters. The van der Waals surface area contributed by atoms with Crippen molar-refractivity contribution in [3.63, 3.8) is 0 Å². The zero-order valence-corrected chi connectivity index (χ0v) is 18.8. The number of rotatable bonds is 8. The van der Waals surface area contributed by atoms with Crippen molar-refractivity contribution in [3.05, 3.63) is 70.0 Å². The van der Waals surface area contributed by atoms with E-state index in [1.807, 2.05) is 18.2 Å². The van der Waals surface area contributed by atoms with E-state index in [0.717, 1.165) is 36.2 Å². The van der Waals surface area contributed by atoms with E-state index in [2.05, 4.69) is 15.3 Å². The van der Waals surface area contributed by atoms with Crippen LogP contribution in [0.2, 0.25) is 0 Å². The van der Waals surface area contributed by atoms with Crippen molar-refractivity contribution in [2.45, 2.75) is 30.8 Å². The second-order valence-corrected chi connectivity index (χ2v) is 8.26. The van der Waals surface area contributed by atoms with Crippen molar-refractivity contribution in [3.8, 4) is 11.5 Å². The summed E-state index contributed by atoms with van der Waals surface area (Å²) in [6.45, 7) is 0.403. The average Bonchev–Trinajstić information content (AvgIpc) is 3.30. The Kier molecular flexibility index (Phi) is 6.75. The number of carbonyl (C=O) groups is 1. The van der Waals surface area contributed by atoms with Gasteiger partial charge in [0.25, 0.3) is 0 Å². The first kappa shape index (κ1) is 21.9. The highest BCUT2D eigenvalue weighted by Crippen LogP contribution is 2.31. The summed E-state index contributed by atoms with van der Waals surface area (Å²) in [7, 11) is 3.10. The van der Waals surface area contributed by atoms with Crippen LogP contribution in [0.1, 0.15) is 23.4 Å². The first-order valence-corrected chi connectivity index (χ1v) is 11.2. The fourth-order valence-corrected chi connectivity index (χ4v) is 4.64. The maximum atomic E-state index is 12.8. The Labute approximate surface area is 190 Å². The molecule has 2 heterocycles. The molecule has 0 aliphatic heterocycles. The Hall–Kier alpha value is -3.33. The number of fused-ring (bicyclic) bond motifs is 1. The van der Waals surface area contributed by atoms with Crippen molar-refractivity contribution in [1.82, 2.24) is 14.5 Å². The monoisotopic (exact) mass is 452 g/mol. The van der Waals surface area contributed by atoms with Crippen LogP contribution in [-0.4, -0.2) is 40.4 Å². The van der Waals surface area contributed by atoms with Gasteiger partial charge in [-0.15, -0.1) is 0 Å². The molecule has 1 N–H and O–H groups in total. The van der Waals surface area contributed by atoms with Crippen LogP contribution in [0.5, 0.6) is 11.5 Å². The highest BCUT2D eigenvalue weighted by Gasteiger charge is 2.23. The van der Waals surface area contributed by atoms with Crippen LogP contribution in [-0.2, 0) is 24.2 Å². The van der Waals surface area contributed by atoms with Crippen LogP contribution in [0.25, 0.3) is 0 Å². The van der Waals surface area contributed by atoms with Gasteiger partial charge >= 0.3 is 5.69 Å². The number of benzene rings is 1. The molecule has 8 nitrogen and oxygen atoms in total. The summed E-state index contributed by atoms with van der Waals surface area (Å²) in [6.07, 6.45) is 4.36. The number of nitrogens with one attached hydrogen (secondary N) is 1. The maximum absolute atomic E-state index is 12.8. The molecule has 1 amide bonds. The largest absolute Gasteiger partial charge is 0.493 e. The summed E-state index contributed by atoms with van der Waals surface area (Å²) < 4.78 is 12.2. The number of aromatic nitrogens is 3. The van der Waals surface area contributed by atoms with Gasteiger partial charge in [0.1, 0.15) is 5.03 Å². The fourth-order valence-electron chi connectivity index (χ4n) is 3.77. The number of nitrogens with zero attached hydrogens (tertiary/aromatic N) is 3. The second-order valence-electron chi connectivity index (χ2n) is 7.29. The van der Waals surface area contributed by atoms with Crippen LogP contribution in [0, 0.1) is 0 Å². The van der Waals surface area contributed by atoms with Crippen LogP contribution < -0.4 is 20.5 Å². The lowest BCUT2D eigenvalue weighted by molar-refractivity contribution is -0.113. The van der Waals surface area contributed by atoms with Crippen molar-refractivity contribution < 1.29 is 14.3 Å². The normalized spacial score (nSPS) is 12.3. The number of amides is 1. The zero-order chi connectivity index (χ0) is 22.5. The van der Waals surface area contributed by atoms with Crippen molar-refractivity contribution >= 4 is 23.4 Å². The van der Waals surface area contributed by atoms with Gasteiger partial charge in [-0.1, -0.05) is 17.8 Å². The van der Waals surface area contributed by atoms with E-state index in [1.165, 1.54) is 11.8 Å². The third kappa shape index (κ3) is 4.77. The molecule has 2 aromatic heterocycles. The summed E-state index contributed by atoms with van der Waals surface area (Å²) >= 11 is 1.29. The average molecular weight is 453 g/mol. The molecule has 0 atom stereocenters. The highest BCUT2D eigenvalue weighted by molar-refractivity contribution is 8.00. The smallest absolute Gasteiger partial charge is 0.349 e. The topological polar surface area (TPSA) is 95.3 Å². The third-order valence-corrected chi connectivity index (χ3v) is 6.27. The molecule has 1 aromatic carbocycles. The second kappa shape index (κ2) is 9.86. The predicted molar refractivity (Wildman–Crippen MR) is 123 cm³/mol. The quantitative estimate of drug-likeness (QED) is 0.415. The van der Waals surface area contributed by atoms with Crippen molar-refractivity contribution in [1.29, 1.82) is 0 Å². The summed E-state index contributed by atoms with van der Waals surface area (Å²) in [5.41, 5.74) is 3.18. The highest BCUT2D eigenvalue weighted by atomic mass is 32.2. The molecule has 4 rings (SSSR count). The van der Waals surface area contributed by atoms with Gasteiger partial charge in [-0.05, 0) is 43.5 Å². The lowest BCUT2D eigenvalue weighted by Crippen LogP contribution is -2.28. The number of pyridine rings is 1. The molecule has 0 bridgehead atoms. The molecule has 0 radical (unpaired) electrons. The van der Waals surface area contributed by atoms with Crippen LogP contribution in [0.3, 0.4) is 0 Å².